The number of alkyl halides is 3. The number of halogens is 5. The predicted molar refractivity (Wildman–Crippen MR) is 210 cm³/mol. The van der Waals surface area contributed by atoms with Gasteiger partial charge in [-0.3, -0.25) is 14.9 Å². The van der Waals surface area contributed by atoms with Crippen molar-refractivity contribution in [1.29, 1.82) is 0 Å². The molecule has 0 radical (unpaired) electrons. The topological polar surface area (TPSA) is 160 Å². The SMILES string of the molecule is C[C@H]1CN(CC2CCN(c3ccc(C4CCC(=O)NC4=O)c(F)c3)CC2)CC[C@@H]1NS(=O)(=O)c1ccc(Nc2ncc(C(F)(F)F)c(N3CCC[C@](C)(O)C3)n2)c(F)c1. The van der Waals surface area contributed by atoms with Crippen molar-refractivity contribution in [2.45, 2.75) is 87.4 Å². The van der Waals surface area contributed by atoms with Gasteiger partial charge < -0.3 is 25.1 Å². The molecule has 19 heteroatoms. The number of carbonyl (C=O) groups is 2. The maximum Gasteiger partial charge on any atom is 0.421 e. The molecule has 1 unspecified atom stereocenters. The van der Waals surface area contributed by atoms with Gasteiger partial charge in [-0.05, 0) is 94.2 Å². The summed E-state index contributed by atoms with van der Waals surface area (Å²) in [7, 11) is -4.14. The molecular weight excluding hydrogens is 800 g/mol. The van der Waals surface area contributed by atoms with Crippen LogP contribution in [0.3, 0.4) is 0 Å². The summed E-state index contributed by atoms with van der Waals surface area (Å²) >= 11 is 0. The van der Waals surface area contributed by atoms with Crippen molar-refractivity contribution in [1.82, 2.24) is 24.9 Å². The van der Waals surface area contributed by atoms with E-state index in [0.717, 1.165) is 44.2 Å². The van der Waals surface area contributed by atoms with Crippen LogP contribution < -0.4 is 25.2 Å². The Bertz CT molecular complexity index is 2170. The van der Waals surface area contributed by atoms with E-state index in [-0.39, 0.29) is 54.3 Å². The van der Waals surface area contributed by atoms with Gasteiger partial charge in [0.2, 0.25) is 27.8 Å². The number of aliphatic hydroxyl groups is 1. The normalized spacial score (nSPS) is 25.3. The van der Waals surface area contributed by atoms with E-state index in [0.29, 0.717) is 50.0 Å². The number of aromatic nitrogens is 2. The Morgan fingerprint density at radius 1 is 0.983 bits per heavy atom. The number of carbonyl (C=O) groups excluding carboxylic acids is 2. The molecule has 2 aromatic carbocycles. The van der Waals surface area contributed by atoms with Gasteiger partial charge in [-0.15, -0.1) is 0 Å². The van der Waals surface area contributed by atoms with Gasteiger partial charge in [0.25, 0.3) is 0 Å². The highest BCUT2D eigenvalue weighted by atomic mass is 32.2. The highest BCUT2D eigenvalue weighted by Crippen LogP contribution is 2.38. The molecule has 0 spiro atoms. The first-order valence-electron chi connectivity index (χ1n) is 20.0. The summed E-state index contributed by atoms with van der Waals surface area (Å²) in [5.41, 5.74) is -1.51. The van der Waals surface area contributed by atoms with Gasteiger partial charge >= 0.3 is 6.18 Å². The molecule has 4 aliphatic heterocycles. The summed E-state index contributed by atoms with van der Waals surface area (Å²) in [6.45, 7) is 7.25. The zero-order valence-corrected chi connectivity index (χ0v) is 33.7. The third-order valence-corrected chi connectivity index (χ3v) is 13.4. The first-order valence-corrected chi connectivity index (χ1v) is 21.4. The first kappa shape index (κ1) is 42.7. The van der Waals surface area contributed by atoms with Crippen LogP contribution in [0.4, 0.5) is 45.1 Å². The smallest absolute Gasteiger partial charge is 0.388 e. The van der Waals surface area contributed by atoms with Crippen LogP contribution in [0.15, 0.2) is 47.5 Å². The zero-order valence-electron chi connectivity index (χ0n) is 32.9. The summed E-state index contributed by atoms with van der Waals surface area (Å²) in [6, 6.07) is 7.74. The lowest BCUT2D eigenvalue weighted by Crippen LogP contribution is -2.51. The van der Waals surface area contributed by atoms with Crippen molar-refractivity contribution in [3.63, 3.8) is 0 Å². The van der Waals surface area contributed by atoms with Crippen molar-refractivity contribution >= 4 is 45.0 Å². The lowest BCUT2D eigenvalue weighted by Gasteiger charge is -2.40. The Kier molecular flexibility index (Phi) is 12.2. The van der Waals surface area contributed by atoms with Crippen molar-refractivity contribution in [3.8, 4) is 0 Å². The maximum atomic E-state index is 15.4. The average molecular weight is 849 g/mol. The van der Waals surface area contributed by atoms with Gasteiger partial charge in [-0.2, -0.15) is 18.2 Å². The number of anilines is 4. The van der Waals surface area contributed by atoms with E-state index >= 15 is 8.78 Å². The maximum absolute atomic E-state index is 15.4. The molecule has 0 bridgehead atoms. The molecule has 0 saturated carbocycles. The molecule has 1 aromatic heterocycles. The van der Waals surface area contributed by atoms with E-state index < -0.39 is 62.7 Å². The number of rotatable bonds is 10. The van der Waals surface area contributed by atoms with E-state index in [1.165, 1.54) is 30.0 Å². The second-order valence-corrected chi connectivity index (χ2v) is 18.3. The molecule has 0 aliphatic carbocycles. The van der Waals surface area contributed by atoms with Crippen LogP contribution in [0.1, 0.15) is 75.8 Å². The molecule has 7 rings (SSSR count). The fourth-order valence-electron chi connectivity index (χ4n) is 8.72. The van der Waals surface area contributed by atoms with Gasteiger partial charge in [0.15, 0.2) is 0 Å². The van der Waals surface area contributed by atoms with Crippen molar-refractivity contribution < 1.29 is 45.1 Å². The molecule has 4 aliphatic rings. The van der Waals surface area contributed by atoms with E-state index in [9.17, 15) is 36.3 Å². The Hall–Kier alpha value is -4.46. The number of amides is 2. The quantitative estimate of drug-likeness (QED) is 0.155. The number of sulfonamides is 1. The first-order chi connectivity index (χ1) is 27.8. The van der Waals surface area contributed by atoms with Gasteiger partial charge in [-0.25, -0.2) is 26.9 Å². The molecule has 4 fully saturated rings. The summed E-state index contributed by atoms with van der Waals surface area (Å²) in [4.78, 5) is 37.0. The lowest BCUT2D eigenvalue weighted by molar-refractivity contribution is -0.138. The fourth-order valence-corrected chi connectivity index (χ4v) is 10.1. The monoisotopic (exact) mass is 848 g/mol. The van der Waals surface area contributed by atoms with E-state index in [4.69, 9.17) is 0 Å². The predicted octanol–water partition coefficient (Wildman–Crippen LogP) is 5.29. The number of likely N-dealkylation sites (tertiary alicyclic amines) is 1. The Morgan fingerprint density at radius 3 is 2.41 bits per heavy atom. The average Bonchev–Trinajstić information content (AvgIpc) is 3.16. The van der Waals surface area contributed by atoms with Gasteiger partial charge in [-0.1, -0.05) is 13.0 Å². The lowest BCUT2D eigenvalue weighted by atomic mass is 9.89. The highest BCUT2D eigenvalue weighted by molar-refractivity contribution is 7.89. The van der Waals surface area contributed by atoms with Crippen LogP contribution in [0.5, 0.6) is 0 Å². The number of nitrogens with one attached hydrogen (secondary N) is 3. The molecule has 13 nitrogen and oxygen atoms in total. The van der Waals surface area contributed by atoms with Crippen LogP contribution in [0.25, 0.3) is 0 Å². The van der Waals surface area contributed by atoms with Crippen LogP contribution in [0, 0.1) is 23.5 Å². The molecular formula is C40H49F5N8O5S. The van der Waals surface area contributed by atoms with Crippen molar-refractivity contribution in [2.24, 2.45) is 11.8 Å². The second kappa shape index (κ2) is 16.9. The van der Waals surface area contributed by atoms with Crippen LogP contribution in [-0.4, -0.2) is 97.7 Å². The highest BCUT2D eigenvalue weighted by Gasteiger charge is 2.40. The standard InChI is InChI=1S/C40H49F5N8O5S/c1-24-21-51(22-25-10-16-52(17-11-25)26-4-6-28(31(41)18-26)29-7-9-35(54)48-37(29)55)15-12-33(24)50-59(57,58)27-5-8-34(32(42)19-27)47-38-46-20-30(40(43,44)45)36(49-38)53-14-3-13-39(2,56)23-53/h4-6,8,18-20,24-25,29,33,50,56H,3,7,9-17,21-23H2,1-2H3,(H,46,47,49)(H,48,54,55)/t24-,29?,33-,39-/m0/s1. The van der Waals surface area contributed by atoms with Crippen LogP contribution in [0.2, 0.25) is 0 Å². The van der Waals surface area contributed by atoms with Crippen molar-refractivity contribution in [3.05, 3.63) is 65.4 Å². The summed E-state index contributed by atoms with van der Waals surface area (Å²) < 4.78 is 102. The Labute approximate surface area is 339 Å². The Balaban J connectivity index is 0.909. The minimum absolute atomic E-state index is 0.0510. The third-order valence-electron chi connectivity index (χ3n) is 11.9. The number of nitrogens with zero attached hydrogens (tertiary/aromatic N) is 5. The molecule has 4 atom stereocenters. The van der Waals surface area contributed by atoms with Crippen LogP contribution >= 0.6 is 0 Å². The number of benzene rings is 2. The second-order valence-electron chi connectivity index (χ2n) is 16.6. The summed E-state index contributed by atoms with van der Waals surface area (Å²) in [6.07, 6.45) is -0.542. The molecule has 4 N–H and O–H groups in total. The fraction of sp³-hybridized carbons (Fsp3) is 0.550. The minimum atomic E-state index is -4.78. The molecule has 59 heavy (non-hydrogen) atoms. The van der Waals surface area contributed by atoms with Gasteiger partial charge in [0.1, 0.15) is 23.0 Å². The minimum Gasteiger partial charge on any atom is -0.388 e. The molecule has 5 heterocycles. The summed E-state index contributed by atoms with van der Waals surface area (Å²) in [5, 5.41) is 15.4. The van der Waals surface area contributed by atoms with E-state index in [1.54, 1.807) is 6.07 Å². The van der Waals surface area contributed by atoms with Gasteiger partial charge in [0, 0.05) is 69.2 Å². The Morgan fingerprint density at radius 2 is 1.75 bits per heavy atom. The number of piperidine rings is 4. The van der Waals surface area contributed by atoms with E-state index in [2.05, 4.69) is 35.1 Å². The number of hydrogen-bond donors (Lipinski definition) is 4. The largest absolute Gasteiger partial charge is 0.421 e. The van der Waals surface area contributed by atoms with Crippen LogP contribution in [-0.2, 0) is 25.8 Å². The molecule has 2 amide bonds. The number of imide groups is 1. The van der Waals surface area contributed by atoms with E-state index in [1.807, 2.05) is 13.0 Å². The third kappa shape index (κ3) is 9.95. The molecule has 3 aromatic rings. The number of β-amino-alcohol motifs (C(OH)–C–C–N with tert-alkyl or cyclic N) is 1. The number of hydrogen-bond acceptors (Lipinski definition) is 11. The molecule has 320 valence electrons. The summed E-state index contributed by atoms with van der Waals surface area (Å²) in [5.74, 6) is -3.36. The molecule has 4 saturated heterocycles. The zero-order chi connectivity index (χ0) is 42.3. The van der Waals surface area contributed by atoms with Gasteiger partial charge in [0.05, 0.1) is 22.1 Å². The van der Waals surface area contributed by atoms with Crippen molar-refractivity contribution in [2.75, 3.05) is 60.9 Å².